The molecule has 104 valence electrons. The van der Waals surface area contributed by atoms with Crippen LogP contribution in [0.3, 0.4) is 0 Å². The number of likely N-dealkylation sites (tertiary alicyclic amines) is 1. The lowest BCUT2D eigenvalue weighted by molar-refractivity contribution is -0.867. The van der Waals surface area contributed by atoms with Crippen molar-refractivity contribution in [2.75, 3.05) is 19.6 Å². The van der Waals surface area contributed by atoms with E-state index >= 15 is 0 Å². The van der Waals surface area contributed by atoms with Crippen molar-refractivity contribution in [3.05, 3.63) is 23.4 Å². The number of rotatable bonds is 7. The lowest BCUT2D eigenvalue weighted by atomic mass is 10.1. The minimum absolute atomic E-state index is 1.21. The van der Waals surface area contributed by atoms with Crippen LogP contribution in [0.25, 0.3) is 0 Å². The van der Waals surface area contributed by atoms with Crippen LogP contribution < -0.4 is 0 Å². The van der Waals surface area contributed by atoms with Crippen LogP contribution in [-0.4, -0.2) is 24.1 Å². The summed E-state index contributed by atoms with van der Waals surface area (Å²) in [5, 5.41) is 0. The van der Waals surface area contributed by atoms with Gasteiger partial charge in [0.2, 0.25) is 0 Å². The van der Waals surface area contributed by atoms with Crippen LogP contribution in [0.1, 0.15) is 66.2 Å². The SMILES string of the molecule is CCCC[N+]1(C=C(C)CCC=C(C)C)CCCC1. The molecule has 1 fully saturated rings. The Morgan fingerprint density at radius 2 is 1.78 bits per heavy atom. The Balaban J connectivity index is 2.55. The van der Waals surface area contributed by atoms with Crippen LogP contribution >= 0.6 is 0 Å². The van der Waals surface area contributed by atoms with E-state index in [1.54, 1.807) is 5.57 Å². The Morgan fingerprint density at radius 1 is 1.11 bits per heavy atom. The van der Waals surface area contributed by atoms with E-state index in [0.29, 0.717) is 0 Å². The van der Waals surface area contributed by atoms with E-state index in [2.05, 4.69) is 40.0 Å². The summed E-state index contributed by atoms with van der Waals surface area (Å²) in [7, 11) is 0. The number of allylic oxidation sites excluding steroid dienone is 3. The smallest absolute Gasteiger partial charge is 0.0947 e. The second kappa shape index (κ2) is 7.78. The van der Waals surface area contributed by atoms with Crippen molar-refractivity contribution in [3.8, 4) is 0 Å². The summed E-state index contributed by atoms with van der Waals surface area (Å²) in [6.07, 6.45) is 12.9. The first kappa shape index (κ1) is 15.5. The lowest BCUT2D eigenvalue weighted by Crippen LogP contribution is -2.40. The molecule has 1 nitrogen and oxygen atoms in total. The van der Waals surface area contributed by atoms with Gasteiger partial charge in [-0.2, -0.15) is 0 Å². The monoisotopic (exact) mass is 250 g/mol. The molecular weight excluding hydrogens is 218 g/mol. The normalized spacial score (nSPS) is 19.0. The minimum Gasteiger partial charge on any atom is -0.297 e. The maximum Gasteiger partial charge on any atom is 0.0947 e. The van der Waals surface area contributed by atoms with Crippen LogP contribution in [0.15, 0.2) is 23.4 Å². The van der Waals surface area contributed by atoms with Crippen LogP contribution in [0.4, 0.5) is 0 Å². The average Bonchev–Trinajstić information content (AvgIpc) is 2.75. The molecule has 1 rings (SSSR count). The van der Waals surface area contributed by atoms with E-state index in [1.807, 2.05) is 0 Å². The highest BCUT2D eigenvalue weighted by Crippen LogP contribution is 2.24. The molecule has 0 saturated carbocycles. The maximum absolute atomic E-state index is 2.58. The standard InChI is InChI=1S/C17H32N/c1-5-6-12-18(13-7-8-14-18)15-17(4)11-9-10-16(2)3/h10,15H,5-9,11-14H2,1-4H3/q+1. The summed E-state index contributed by atoms with van der Waals surface area (Å²) < 4.78 is 1.27. The minimum atomic E-state index is 1.21. The summed E-state index contributed by atoms with van der Waals surface area (Å²) in [6, 6.07) is 0. The van der Waals surface area contributed by atoms with E-state index in [9.17, 15) is 0 Å². The average molecular weight is 250 g/mol. The summed E-state index contributed by atoms with van der Waals surface area (Å²) in [5.74, 6) is 0. The summed E-state index contributed by atoms with van der Waals surface area (Å²) in [4.78, 5) is 0. The number of hydrogen-bond acceptors (Lipinski definition) is 0. The fraction of sp³-hybridized carbons (Fsp3) is 0.765. The molecule has 1 saturated heterocycles. The predicted octanol–water partition coefficient (Wildman–Crippen LogP) is 5.05. The third-order valence-electron chi connectivity index (χ3n) is 4.00. The van der Waals surface area contributed by atoms with Gasteiger partial charge in [-0.15, -0.1) is 0 Å². The lowest BCUT2D eigenvalue weighted by Gasteiger charge is -2.30. The van der Waals surface area contributed by atoms with Gasteiger partial charge in [0.15, 0.2) is 0 Å². The van der Waals surface area contributed by atoms with Crippen molar-refractivity contribution in [3.63, 3.8) is 0 Å². The Labute approximate surface area is 114 Å². The predicted molar refractivity (Wildman–Crippen MR) is 81.4 cm³/mol. The van der Waals surface area contributed by atoms with Gasteiger partial charge < -0.3 is 0 Å². The number of hydrogen-bond donors (Lipinski definition) is 0. The molecule has 0 aliphatic carbocycles. The molecule has 1 heterocycles. The highest BCUT2D eigenvalue weighted by molar-refractivity contribution is 5.00. The van der Waals surface area contributed by atoms with Crippen molar-refractivity contribution in [2.24, 2.45) is 0 Å². The Morgan fingerprint density at radius 3 is 2.33 bits per heavy atom. The van der Waals surface area contributed by atoms with Gasteiger partial charge in [0, 0.05) is 12.8 Å². The zero-order valence-corrected chi connectivity index (χ0v) is 13.0. The van der Waals surface area contributed by atoms with Gasteiger partial charge in [0.05, 0.1) is 25.8 Å². The van der Waals surface area contributed by atoms with Gasteiger partial charge in [-0.3, -0.25) is 4.48 Å². The van der Waals surface area contributed by atoms with E-state index in [4.69, 9.17) is 0 Å². The maximum atomic E-state index is 2.58. The molecule has 0 amide bonds. The first-order chi connectivity index (χ1) is 8.58. The number of quaternary nitrogens is 1. The second-order valence-electron chi connectivity index (χ2n) is 6.25. The molecule has 0 aromatic heterocycles. The fourth-order valence-electron chi connectivity index (χ4n) is 2.98. The molecule has 18 heavy (non-hydrogen) atoms. The molecule has 0 aromatic carbocycles. The van der Waals surface area contributed by atoms with Crippen molar-refractivity contribution in [2.45, 2.75) is 66.2 Å². The van der Waals surface area contributed by atoms with E-state index in [-0.39, 0.29) is 0 Å². The van der Waals surface area contributed by atoms with E-state index in [1.165, 1.54) is 68.2 Å². The zero-order chi connectivity index (χ0) is 13.4. The van der Waals surface area contributed by atoms with Gasteiger partial charge in [-0.05, 0) is 45.6 Å². The third kappa shape index (κ3) is 5.39. The van der Waals surface area contributed by atoms with E-state index in [0.717, 1.165) is 0 Å². The fourth-order valence-corrected chi connectivity index (χ4v) is 2.98. The van der Waals surface area contributed by atoms with Crippen LogP contribution in [-0.2, 0) is 0 Å². The molecule has 0 spiro atoms. The largest absolute Gasteiger partial charge is 0.297 e. The molecule has 0 bridgehead atoms. The van der Waals surface area contributed by atoms with Crippen molar-refractivity contribution < 1.29 is 4.48 Å². The second-order valence-corrected chi connectivity index (χ2v) is 6.25. The molecule has 1 heteroatoms. The number of nitrogens with zero attached hydrogens (tertiary/aromatic N) is 1. The van der Waals surface area contributed by atoms with Gasteiger partial charge in [0.25, 0.3) is 0 Å². The van der Waals surface area contributed by atoms with Gasteiger partial charge in [-0.25, -0.2) is 0 Å². The van der Waals surface area contributed by atoms with Crippen molar-refractivity contribution >= 4 is 0 Å². The molecule has 1 aliphatic heterocycles. The highest BCUT2D eigenvalue weighted by atomic mass is 15.3. The molecule has 1 aliphatic rings. The molecular formula is C17H32N+. The van der Waals surface area contributed by atoms with Crippen LogP contribution in [0.2, 0.25) is 0 Å². The topological polar surface area (TPSA) is 0 Å². The first-order valence-electron chi connectivity index (χ1n) is 7.75. The first-order valence-corrected chi connectivity index (χ1v) is 7.75. The molecule has 0 N–H and O–H groups in total. The van der Waals surface area contributed by atoms with E-state index < -0.39 is 0 Å². The summed E-state index contributed by atoms with van der Waals surface area (Å²) in [5.41, 5.74) is 3.03. The van der Waals surface area contributed by atoms with Crippen molar-refractivity contribution in [1.82, 2.24) is 0 Å². The molecule has 0 aromatic rings. The van der Waals surface area contributed by atoms with Crippen LogP contribution in [0.5, 0.6) is 0 Å². The van der Waals surface area contributed by atoms with Gasteiger partial charge in [0.1, 0.15) is 0 Å². The highest BCUT2D eigenvalue weighted by Gasteiger charge is 2.29. The van der Waals surface area contributed by atoms with Gasteiger partial charge >= 0.3 is 0 Å². The third-order valence-corrected chi connectivity index (χ3v) is 4.00. The Hall–Kier alpha value is -0.560. The van der Waals surface area contributed by atoms with Gasteiger partial charge in [-0.1, -0.05) is 25.0 Å². The Kier molecular flexibility index (Phi) is 6.70. The summed E-state index contributed by atoms with van der Waals surface area (Å²) >= 11 is 0. The quantitative estimate of drug-likeness (QED) is 0.438. The molecule has 0 radical (unpaired) electrons. The summed E-state index contributed by atoms with van der Waals surface area (Å²) in [6.45, 7) is 13.1. The van der Waals surface area contributed by atoms with Crippen LogP contribution in [0, 0.1) is 0 Å². The zero-order valence-electron chi connectivity index (χ0n) is 13.0. The number of unbranched alkanes of at least 4 members (excludes halogenated alkanes) is 1. The molecule has 0 unspecified atom stereocenters. The molecule has 0 atom stereocenters. The van der Waals surface area contributed by atoms with Crippen molar-refractivity contribution in [1.29, 1.82) is 0 Å². The Bertz CT molecular complexity index is 289.